The van der Waals surface area contributed by atoms with E-state index in [0.29, 0.717) is 19.6 Å². The molecule has 1 aliphatic rings. The van der Waals surface area contributed by atoms with Gasteiger partial charge in [-0.15, -0.1) is 0 Å². The Morgan fingerprint density at radius 1 is 0.955 bits per heavy atom. The summed E-state index contributed by atoms with van der Waals surface area (Å²) in [7, 11) is 0. The van der Waals surface area contributed by atoms with Crippen LogP contribution in [0.3, 0.4) is 0 Å². The van der Waals surface area contributed by atoms with Gasteiger partial charge in [0.15, 0.2) is 0 Å². The second-order valence-corrected chi connectivity index (χ2v) is 5.83. The molecule has 0 fully saturated rings. The maximum absolute atomic E-state index is 13.0. The largest absolute Gasteiger partial charge is 0.380 e. The molecular weight excluding hydrogens is 272 g/mol. The zero-order valence-corrected chi connectivity index (χ0v) is 13.3. The molecule has 3 rings (SSSR count). The molecule has 0 N–H and O–H groups in total. The highest BCUT2D eigenvalue weighted by molar-refractivity contribution is 6.01. The van der Waals surface area contributed by atoms with Gasteiger partial charge in [-0.2, -0.15) is 0 Å². The third-order valence-electron chi connectivity index (χ3n) is 4.53. The lowest BCUT2D eigenvalue weighted by Crippen LogP contribution is -2.40. The predicted octanol–water partition coefficient (Wildman–Crippen LogP) is 4.36. The van der Waals surface area contributed by atoms with E-state index in [-0.39, 0.29) is 5.78 Å². The lowest BCUT2D eigenvalue weighted by molar-refractivity contribution is -0.124. The van der Waals surface area contributed by atoms with E-state index < -0.39 is 5.41 Å². The molecule has 114 valence electrons. The number of ketones is 1. The minimum Gasteiger partial charge on any atom is -0.380 e. The Morgan fingerprint density at radius 3 is 2.00 bits per heavy atom. The van der Waals surface area contributed by atoms with Crippen molar-refractivity contribution in [1.82, 2.24) is 0 Å². The van der Waals surface area contributed by atoms with Crippen LogP contribution in [0.25, 0.3) is 11.1 Å². The van der Waals surface area contributed by atoms with E-state index in [4.69, 9.17) is 4.74 Å². The lowest BCUT2D eigenvalue weighted by atomic mass is 9.74. The third kappa shape index (κ3) is 2.10. The Labute approximate surface area is 132 Å². The molecule has 2 nitrogen and oxygen atoms in total. The summed E-state index contributed by atoms with van der Waals surface area (Å²) < 4.78 is 5.89. The highest BCUT2D eigenvalue weighted by Gasteiger charge is 2.47. The number of carbonyl (C=O) groups is 1. The minimum atomic E-state index is -0.642. The molecule has 22 heavy (non-hydrogen) atoms. The molecule has 0 amide bonds. The molecular formula is C20H22O2. The number of rotatable bonds is 6. The normalized spacial score (nSPS) is 14.5. The average Bonchev–Trinajstić information content (AvgIpc) is 2.86. The van der Waals surface area contributed by atoms with E-state index >= 15 is 0 Å². The van der Waals surface area contributed by atoms with Gasteiger partial charge in [0, 0.05) is 13.0 Å². The van der Waals surface area contributed by atoms with Crippen molar-refractivity contribution in [1.29, 1.82) is 0 Å². The number of Topliss-reactive ketones (excluding diaryl/α,β-unsaturated/α-hetero) is 1. The van der Waals surface area contributed by atoms with Gasteiger partial charge in [0.2, 0.25) is 0 Å². The van der Waals surface area contributed by atoms with Gasteiger partial charge in [-0.05, 0) is 28.7 Å². The zero-order chi connectivity index (χ0) is 15.6. The van der Waals surface area contributed by atoms with Gasteiger partial charge in [-0.25, -0.2) is 0 Å². The van der Waals surface area contributed by atoms with Gasteiger partial charge in [0.25, 0.3) is 0 Å². The van der Waals surface area contributed by atoms with Gasteiger partial charge >= 0.3 is 0 Å². The molecule has 0 atom stereocenters. The number of benzene rings is 2. The fraction of sp³-hybridized carbons (Fsp3) is 0.350. The minimum absolute atomic E-state index is 0.237. The molecule has 0 spiro atoms. The molecule has 0 bridgehead atoms. The number of ether oxygens (including phenoxy) is 1. The summed E-state index contributed by atoms with van der Waals surface area (Å²) >= 11 is 0. The molecule has 0 radical (unpaired) electrons. The highest BCUT2D eigenvalue weighted by atomic mass is 16.5. The van der Waals surface area contributed by atoms with Gasteiger partial charge in [-0.3, -0.25) is 4.79 Å². The summed E-state index contributed by atoms with van der Waals surface area (Å²) in [5, 5.41) is 0. The van der Waals surface area contributed by atoms with Crippen LogP contribution < -0.4 is 0 Å². The first-order valence-electron chi connectivity index (χ1n) is 8.06. The smallest absolute Gasteiger partial charge is 0.149 e. The van der Waals surface area contributed by atoms with Gasteiger partial charge < -0.3 is 4.74 Å². The lowest BCUT2D eigenvalue weighted by Gasteiger charge is -2.30. The van der Waals surface area contributed by atoms with Crippen LogP contribution in [-0.2, 0) is 14.9 Å². The van der Waals surface area contributed by atoms with E-state index in [2.05, 4.69) is 31.2 Å². The van der Waals surface area contributed by atoms with Crippen LogP contribution in [0, 0.1) is 0 Å². The van der Waals surface area contributed by atoms with E-state index in [0.717, 1.165) is 17.5 Å². The van der Waals surface area contributed by atoms with Crippen molar-refractivity contribution in [2.45, 2.75) is 32.1 Å². The maximum atomic E-state index is 13.0. The van der Waals surface area contributed by atoms with Crippen LogP contribution in [0.15, 0.2) is 48.5 Å². The topological polar surface area (TPSA) is 26.3 Å². The van der Waals surface area contributed by atoms with E-state index in [1.807, 2.05) is 31.2 Å². The van der Waals surface area contributed by atoms with Crippen molar-refractivity contribution in [3.63, 3.8) is 0 Å². The third-order valence-corrected chi connectivity index (χ3v) is 4.53. The van der Waals surface area contributed by atoms with E-state index in [1.165, 1.54) is 11.1 Å². The van der Waals surface area contributed by atoms with Crippen LogP contribution in [0.1, 0.15) is 37.8 Å². The first-order valence-corrected chi connectivity index (χ1v) is 8.06. The van der Waals surface area contributed by atoms with Crippen molar-refractivity contribution in [2.75, 3.05) is 13.2 Å². The van der Waals surface area contributed by atoms with Crippen LogP contribution in [-0.4, -0.2) is 19.0 Å². The molecule has 0 aliphatic heterocycles. The Morgan fingerprint density at radius 2 is 1.50 bits per heavy atom. The average molecular weight is 294 g/mol. The van der Waals surface area contributed by atoms with Crippen LogP contribution in [0.2, 0.25) is 0 Å². The van der Waals surface area contributed by atoms with Gasteiger partial charge in [-0.1, -0.05) is 62.4 Å². The summed E-state index contributed by atoms with van der Waals surface area (Å²) in [6.07, 6.45) is 1.47. The summed E-state index contributed by atoms with van der Waals surface area (Å²) in [6, 6.07) is 16.5. The second-order valence-electron chi connectivity index (χ2n) is 5.83. The molecule has 2 heteroatoms. The summed E-state index contributed by atoms with van der Waals surface area (Å²) in [5.41, 5.74) is 3.88. The Hall–Kier alpha value is -1.93. The monoisotopic (exact) mass is 294 g/mol. The highest BCUT2D eigenvalue weighted by Crippen LogP contribution is 2.49. The predicted molar refractivity (Wildman–Crippen MR) is 89.1 cm³/mol. The van der Waals surface area contributed by atoms with E-state index in [1.54, 1.807) is 0 Å². The van der Waals surface area contributed by atoms with Crippen LogP contribution in [0.4, 0.5) is 0 Å². The zero-order valence-electron chi connectivity index (χ0n) is 13.3. The molecule has 0 saturated carbocycles. The molecule has 2 aromatic rings. The number of fused-ring (bicyclic) bond motifs is 3. The van der Waals surface area contributed by atoms with Gasteiger partial charge in [0.05, 0.1) is 6.61 Å². The SMILES string of the molecule is CCCOCC1(C(=O)CC)c2ccccc2-c2ccccc21. The van der Waals surface area contributed by atoms with E-state index in [9.17, 15) is 4.79 Å². The quantitative estimate of drug-likeness (QED) is 0.740. The fourth-order valence-corrected chi connectivity index (χ4v) is 3.53. The maximum Gasteiger partial charge on any atom is 0.149 e. The number of hydrogen-bond acceptors (Lipinski definition) is 2. The summed E-state index contributed by atoms with van der Waals surface area (Å²) in [4.78, 5) is 13.0. The first-order chi connectivity index (χ1) is 10.8. The van der Waals surface area contributed by atoms with Crippen molar-refractivity contribution in [3.05, 3.63) is 59.7 Å². The van der Waals surface area contributed by atoms with Crippen LogP contribution in [0.5, 0.6) is 0 Å². The number of hydrogen-bond donors (Lipinski definition) is 0. The molecule has 1 aliphatic carbocycles. The molecule has 0 saturated heterocycles. The molecule has 2 aromatic carbocycles. The summed E-state index contributed by atoms with van der Waals surface area (Å²) in [5.74, 6) is 0.237. The van der Waals surface area contributed by atoms with Crippen molar-refractivity contribution >= 4 is 5.78 Å². The Bertz CT molecular complexity index is 642. The van der Waals surface area contributed by atoms with Crippen molar-refractivity contribution in [2.24, 2.45) is 0 Å². The van der Waals surface area contributed by atoms with Crippen molar-refractivity contribution in [3.8, 4) is 11.1 Å². The second kappa shape index (κ2) is 6.05. The van der Waals surface area contributed by atoms with Gasteiger partial charge in [0.1, 0.15) is 11.2 Å². The molecule has 0 aromatic heterocycles. The standard InChI is InChI=1S/C20H22O2/c1-3-13-22-14-20(19(21)4-2)17-11-7-5-9-15(17)16-10-6-8-12-18(16)20/h5-12H,3-4,13-14H2,1-2H3. The fourth-order valence-electron chi connectivity index (χ4n) is 3.53. The van der Waals surface area contributed by atoms with Crippen LogP contribution >= 0.6 is 0 Å². The van der Waals surface area contributed by atoms with Crippen molar-refractivity contribution < 1.29 is 9.53 Å². The molecule has 0 unspecified atom stereocenters. The Kier molecular flexibility index (Phi) is 4.12. The Balaban J connectivity index is 2.21. The first kappa shape index (κ1) is 15.0. The summed E-state index contributed by atoms with van der Waals surface area (Å²) in [6.45, 7) is 5.14. The molecule has 0 heterocycles. The number of carbonyl (C=O) groups excluding carboxylic acids is 1.